The molecule has 0 unspecified atom stereocenters. The Bertz CT molecular complexity index is 706. The number of aromatic hydroxyl groups is 2. The van der Waals surface area contributed by atoms with Gasteiger partial charge in [-0.3, -0.25) is 4.79 Å². The average molecular weight is 296 g/mol. The minimum Gasteiger partial charge on any atom is -0.508 e. The number of hydrazone groups is 1. The number of amides is 1. The first-order valence-electron chi connectivity index (χ1n) is 6.66. The second kappa shape index (κ2) is 7.08. The molecule has 0 heterocycles. The number of carbonyl (C=O) groups excluding carboxylic acids is 1. The van der Waals surface area contributed by atoms with Crippen LogP contribution in [0, 0.1) is 0 Å². The molecule has 0 aliphatic rings. The molecule has 0 aromatic heterocycles. The van der Waals surface area contributed by atoms with Crippen LogP contribution in [0.15, 0.2) is 60.2 Å². The van der Waals surface area contributed by atoms with Gasteiger partial charge in [0, 0.05) is 11.1 Å². The van der Waals surface area contributed by atoms with Crippen molar-refractivity contribution in [3.8, 4) is 11.5 Å². The van der Waals surface area contributed by atoms with E-state index in [0.29, 0.717) is 17.5 Å². The molecule has 2 aromatic carbocycles. The molecule has 0 aliphatic carbocycles. The zero-order chi connectivity index (χ0) is 15.9. The topological polar surface area (TPSA) is 81.9 Å². The first kappa shape index (κ1) is 15.3. The minimum absolute atomic E-state index is 0.0870. The first-order chi connectivity index (χ1) is 10.6. The highest BCUT2D eigenvalue weighted by molar-refractivity contribution is 5.95. The Labute approximate surface area is 128 Å². The molecule has 1 amide bonds. The van der Waals surface area contributed by atoms with Crippen LogP contribution in [-0.4, -0.2) is 22.3 Å². The van der Waals surface area contributed by atoms with Crippen LogP contribution < -0.4 is 5.43 Å². The van der Waals surface area contributed by atoms with E-state index in [0.717, 1.165) is 5.56 Å². The zero-order valence-corrected chi connectivity index (χ0v) is 11.9. The van der Waals surface area contributed by atoms with E-state index in [4.69, 9.17) is 5.11 Å². The van der Waals surface area contributed by atoms with E-state index >= 15 is 0 Å². The number of phenols is 2. The van der Waals surface area contributed by atoms with Gasteiger partial charge < -0.3 is 10.2 Å². The molecule has 0 radical (unpaired) electrons. The number of carbonyl (C=O) groups is 1. The summed E-state index contributed by atoms with van der Waals surface area (Å²) in [5, 5.41) is 23.1. The molecule has 22 heavy (non-hydrogen) atoms. The Morgan fingerprint density at radius 2 is 1.91 bits per heavy atom. The van der Waals surface area contributed by atoms with Crippen molar-refractivity contribution < 1.29 is 15.0 Å². The molecule has 0 bridgehead atoms. The highest BCUT2D eigenvalue weighted by Crippen LogP contribution is 2.21. The summed E-state index contributed by atoms with van der Waals surface area (Å²) in [4.78, 5) is 11.8. The van der Waals surface area contributed by atoms with Gasteiger partial charge in [0.25, 0.3) is 5.91 Å². The third-order valence-electron chi connectivity index (χ3n) is 3.01. The quantitative estimate of drug-likeness (QED) is 0.450. The SMILES string of the molecule is C=CCc1cccc(/C=N/NC(=O)c2ccc(O)cc2)c1O. The standard InChI is InChI=1S/C17H16N2O3/c1-2-4-12-5-3-6-14(16(12)21)11-18-19-17(22)13-7-9-15(20)10-8-13/h2-3,5-11,20-21H,1,4H2,(H,19,22)/b18-11+. The van der Waals surface area contributed by atoms with Crippen molar-refractivity contribution in [3.63, 3.8) is 0 Å². The second-order valence-electron chi connectivity index (χ2n) is 4.59. The summed E-state index contributed by atoms with van der Waals surface area (Å²) in [6, 6.07) is 11.1. The third kappa shape index (κ3) is 3.73. The minimum atomic E-state index is -0.405. The molecular formula is C17H16N2O3. The molecule has 5 nitrogen and oxygen atoms in total. The van der Waals surface area contributed by atoms with Gasteiger partial charge in [0.05, 0.1) is 6.21 Å². The second-order valence-corrected chi connectivity index (χ2v) is 4.59. The molecule has 0 saturated heterocycles. The number of allylic oxidation sites excluding steroid dienone is 1. The Morgan fingerprint density at radius 1 is 1.18 bits per heavy atom. The highest BCUT2D eigenvalue weighted by Gasteiger charge is 2.05. The lowest BCUT2D eigenvalue weighted by Gasteiger charge is -2.04. The molecule has 0 atom stereocenters. The molecule has 112 valence electrons. The van der Waals surface area contributed by atoms with E-state index in [-0.39, 0.29) is 11.5 Å². The third-order valence-corrected chi connectivity index (χ3v) is 3.01. The number of phenolic OH excluding ortho intramolecular Hbond substituents is 2. The van der Waals surface area contributed by atoms with Crippen molar-refractivity contribution in [2.45, 2.75) is 6.42 Å². The Balaban J connectivity index is 2.06. The van der Waals surface area contributed by atoms with Crippen LogP contribution in [0.5, 0.6) is 11.5 Å². The summed E-state index contributed by atoms with van der Waals surface area (Å²) in [6.07, 6.45) is 3.62. The maximum atomic E-state index is 11.8. The summed E-state index contributed by atoms with van der Waals surface area (Å²) >= 11 is 0. The summed E-state index contributed by atoms with van der Waals surface area (Å²) in [5.41, 5.74) is 3.98. The van der Waals surface area contributed by atoms with Crippen LogP contribution in [0.25, 0.3) is 0 Å². The number of para-hydroxylation sites is 1. The van der Waals surface area contributed by atoms with Gasteiger partial charge in [0.2, 0.25) is 0 Å². The maximum absolute atomic E-state index is 11.8. The Kier molecular flexibility index (Phi) is 4.93. The van der Waals surface area contributed by atoms with Crippen LogP contribution in [0.3, 0.4) is 0 Å². The summed E-state index contributed by atoms with van der Waals surface area (Å²) in [6.45, 7) is 3.63. The van der Waals surface area contributed by atoms with Crippen molar-refractivity contribution in [2.24, 2.45) is 5.10 Å². The number of nitrogens with one attached hydrogen (secondary N) is 1. The van der Waals surface area contributed by atoms with E-state index in [2.05, 4.69) is 17.1 Å². The fraction of sp³-hybridized carbons (Fsp3) is 0.0588. The Hall–Kier alpha value is -3.08. The van der Waals surface area contributed by atoms with Gasteiger partial charge in [0.1, 0.15) is 11.5 Å². The van der Waals surface area contributed by atoms with Crippen molar-refractivity contribution >= 4 is 12.1 Å². The predicted molar refractivity (Wildman–Crippen MR) is 85.2 cm³/mol. The van der Waals surface area contributed by atoms with Gasteiger partial charge in [-0.1, -0.05) is 18.2 Å². The molecule has 0 aliphatic heterocycles. The van der Waals surface area contributed by atoms with Crippen molar-refractivity contribution in [2.75, 3.05) is 0 Å². The summed E-state index contributed by atoms with van der Waals surface area (Å²) in [5.74, 6) is -0.202. The van der Waals surface area contributed by atoms with E-state index < -0.39 is 5.91 Å². The van der Waals surface area contributed by atoms with Crippen molar-refractivity contribution in [3.05, 3.63) is 71.8 Å². The monoisotopic (exact) mass is 296 g/mol. The molecule has 2 rings (SSSR count). The average Bonchev–Trinajstić information content (AvgIpc) is 2.51. The van der Waals surface area contributed by atoms with Crippen LogP contribution in [-0.2, 0) is 6.42 Å². The fourth-order valence-electron chi connectivity index (χ4n) is 1.87. The van der Waals surface area contributed by atoms with Crippen LogP contribution >= 0.6 is 0 Å². The lowest BCUT2D eigenvalue weighted by molar-refractivity contribution is 0.0955. The number of rotatable bonds is 5. The largest absolute Gasteiger partial charge is 0.508 e. The lowest BCUT2D eigenvalue weighted by Crippen LogP contribution is -2.17. The number of hydrogen-bond donors (Lipinski definition) is 3. The Morgan fingerprint density at radius 3 is 2.59 bits per heavy atom. The fourth-order valence-corrected chi connectivity index (χ4v) is 1.87. The number of nitrogens with zero attached hydrogens (tertiary/aromatic N) is 1. The van der Waals surface area contributed by atoms with Crippen molar-refractivity contribution in [1.29, 1.82) is 0 Å². The normalized spacial score (nSPS) is 10.5. The smallest absolute Gasteiger partial charge is 0.271 e. The summed E-state index contributed by atoms with van der Waals surface area (Å²) in [7, 11) is 0. The molecule has 5 heteroatoms. The first-order valence-corrected chi connectivity index (χ1v) is 6.66. The van der Waals surface area contributed by atoms with Crippen LogP contribution in [0.2, 0.25) is 0 Å². The van der Waals surface area contributed by atoms with E-state index in [9.17, 15) is 9.90 Å². The van der Waals surface area contributed by atoms with E-state index in [1.807, 2.05) is 0 Å². The zero-order valence-electron chi connectivity index (χ0n) is 11.9. The van der Waals surface area contributed by atoms with Crippen molar-refractivity contribution in [1.82, 2.24) is 5.43 Å². The van der Waals surface area contributed by atoms with E-state index in [1.165, 1.54) is 30.5 Å². The molecule has 0 spiro atoms. The highest BCUT2D eigenvalue weighted by atomic mass is 16.3. The number of benzene rings is 2. The predicted octanol–water partition coefficient (Wildman–Crippen LogP) is 2.59. The van der Waals surface area contributed by atoms with Gasteiger partial charge in [-0.15, -0.1) is 6.58 Å². The number of hydrogen-bond acceptors (Lipinski definition) is 4. The van der Waals surface area contributed by atoms with E-state index in [1.54, 1.807) is 24.3 Å². The molecule has 2 aromatic rings. The molecule has 0 saturated carbocycles. The molecular weight excluding hydrogens is 280 g/mol. The van der Waals surface area contributed by atoms with Gasteiger partial charge in [0.15, 0.2) is 0 Å². The van der Waals surface area contributed by atoms with Gasteiger partial charge in [-0.05, 0) is 42.3 Å². The van der Waals surface area contributed by atoms with Gasteiger partial charge in [-0.25, -0.2) is 5.43 Å². The van der Waals surface area contributed by atoms with Crippen LogP contribution in [0.4, 0.5) is 0 Å². The van der Waals surface area contributed by atoms with Gasteiger partial charge in [-0.2, -0.15) is 5.10 Å². The van der Waals surface area contributed by atoms with Crippen LogP contribution in [0.1, 0.15) is 21.5 Å². The lowest BCUT2D eigenvalue weighted by atomic mass is 10.1. The maximum Gasteiger partial charge on any atom is 0.271 e. The molecule has 3 N–H and O–H groups in total. The summed E-state index contributed by atoms with van der Waals surface area (Å²) < 4.78 is 0. The van der Waals surface area contributed by atoms with Gasteiger partial charge >= 0.3 is 0 Å². The molecule has 0 fully saturated rings.